The normalized spacial score (nSPS) is 10.5. The van der Waals surface area contributed by atoms with Gasteiger partial charge in [-0.2, -0.15) is 0 Å². The summed E-state index contributed by atoms with van der Waals surface area (Å²) in [6.45, 7) is 1.08. The fraction of sp³-hybridized carbons (Fsp3) is 0.158. The number of benzene rings is 1. The molecule has 0 aliphatic rings. The Bertz CT molecular complexity index is 856. The molecule has 0 atom stereocenters. The Kier molecular flexibility index (Phi) is 6.50. The summed E-state index contributed by atoms with van der Waals surface area (Å²) in [5.41, 5.74) is 1.58. The molecular weight excluding hydrogens is 389 g/mol. The topological polar surface area (TPSA) is 45.2 Å². The minimum absolute atomic E-state index is 0.191. The van der Waals surface area contributed by atoms with E-state index in [1.165, 1.54) is 4.88 Å². The number of hydrogen-bond acceptors (Lipinski definition) is 3. The number of pyridine rings is 1. The molecule has 0 radical (unpaired) electrons. The minimum atomic E-state index is -0.191. The van der Waals surface area contributed by atoms with Gasteiger partial charge in [-0.3, -0.25) is 4.98 Å². The largest absolute Gasteiger partial charge is 0.322 e. The highest BCUT2D eigenvalue weighted by Gasteiger charge is 2.15. The number of carbonyl (C=O) groups is 1. The van der Waals surface area contributed by atoms with Crippen molar-refractivity contribution in [1.82, 2.24) is 9.88 Å². The predicted molar refractivity (Wildman–Crippen MR) is 108 cm³/mol. The number of carbonyl (C=O) groups excluding carboxylic acids is 1. The molecule has 2 aromatic heterocycles. The molecule has 0 aliphatic carbocycles. The highest BCUT2D eigenvalue weighted by molar-refractivity contribution is 7.09. The molecule has 1 aromatic carbocycles. The highest BCUT2D eigenvalue weighted by Crippen LogP contribution is 2.25. The van der Waals surface area contributed by atoms with Gasteiger partial charge in [0.25, 0.3) is 0 Å². The van der Waals surface area contributed by atoms with E-state index in [4.69, 9.17) is 23.2 Å². The number of nitrogens with zero attached hydrogens (tertiary/aromatic N) is 2. The maximum atomic E-state index is 12.8. The third-order valence-corrected chi connectivity index (χ3v) is 5.44. The first-order valence-electron chi connectivity index (χ1n) is 8.04. The van der Waals surface area contributed by atoms with Gasteiger partial charge >= 0.3 is 6.03 Å². The molecule has 134 valence electrons. The van der Waals surface area contributed by atoms with E-state index in [1.807, 2.05) is 23.6 Å². The van der Waals surface area contributed by atoms with Crippen molar-refractivity contribution >= 4 is 46.3 Å². The molecule has 4 nitrogen and oxygen atoms in total. The summed E-state index contributed by atoms with van der Waals surface area (Å²) in [7, 11) is 0. The first-order valence-corrected chi connectivity index (χ1v) is 9.67. The molecule has 0 fully saturated rings. The lowest BCUT2D eigenvalue weighted by Crippen LogP contribution is -2.36. The van der Waals surface area contributed by atoms with E-state index in [0.29, 0.717) is 28.8 Å². The molecule has 0 saturated carbocycles. The lowest BCUT2D eigenvalue weighted by Gasteiger charge is -2.23. The lowest BCUT2D eigenvalue weighted by molar-refractivity contribution is 0.210. The van der Waals surface area contributed by atoms with E-state index in [-0.39, 0.29) is 6.03 Å². The van der Waals surface area contributed by atoms with Crippen molar-refractivity contribution in [3.05, 3.63) is 80.7 Å². The predicted octanol–water partition coefficient (Wildman–Crippen LogP) is 5.73. The number of hydrogen-bond donors (Lipinski definition) is 1. The van der Waals surface area contributed by atoms with Gasteiger partial charge in [-0.05, 0) is 47.7 Å². The number of amides is 2. The number of halogens is 2. The van der Waals surface area contributed by atoms with Crippen molar-refractivity contribution in [2.75, 3.05) is 11.9 Å². The van der Waals surface area contributed by atoms with Crippen LogP contribution in [0, 0.1) is 0 Å². The average molecular weight is 406 g/mol. The van der Waals surface area contributed by atoms with E-state index < -0.39 is 0 Å². The van der Waals surface area contributed by atoms with Gasteiger partial charge in [-0.25, -0.2) is 4.79 Å². The molecular formula is C19H17Cl2N3OS. The molecule has 7 heteroatoms. The van der Waals surface area contributed by atoms with Crippen LogP contribution in [0.1, 0.15) is 10.4 Å². The van der Waals surface area contributed by atoms with Crippen molar-refractivity contribution in [2.45, 2.75) is 13.0 Å². The van der Waals surface area contributed by atoms with Gasteiger partial charge in [0.15, 0.2) is 0 Å². The van der Waals surface area contributed by atoms with Crippen molar-refractivity contribution in [3.63, 3.8) is 0 Å². The monoisotopic (exact) mass is 405 g/mol. The van der Waals surface area contributed by atoms with Crippen LogP contribution in [-0.4, -0.2) is 22.5 Å². The molecule has 0 spiro atoms. The number of aromatic nitrogens is 1. The Hall–Kier alpha value is -2.08. The van der Waals surface area contributed by atoms with Crippen molar-refractivity contribution < 1.29 is 4.79 Å². The second-order valence-electron chi connectivity index (χ2n) is 5.67. The summed E-state index contributed by atoms with van der Waals surface area (Å²) in [5, 5.41) is 5.78. The zero-order valence-electron chi connectivity index (χ0n) is 13.9. The maximum absolute atomic E-state index is 12.8. The Morgan fingerprint density at radius 3 is 2.73 bits per heavy atom. The summed E-state index contributed by atoms with van der Waals surface area (Å²) in [6.07, 6.45) is 4.28. The van der Waals surface area contributed by atoms with Crippen molar-refractivity contribution in [3.8, 4) is 0 Å². The van der Waals surface area contributed by atoms with Crippen LogP contribution in [0.5, 0.6) is 0 Å². The fourth-order valence-electron chi connectivity index (χ4n) is 2.44. The van der Waals surface area contributed by atoms with E-state index in [1.54, 1.807) is 46.8 Å². The van der Waals surface area contributed by atoms with Crippen LogP contribution in [0.4, 0.5) is 10.5 Å². The lowest BCUT2D eigenvalue weighted by atomic mass is 10.2. The molecule has 3 rings (SSSR count). The van der Waals surface area contributed by atoms with Gasteiger partial charge in [-0.1, -0.05) is 35.3 Å². The summed E-state index contributed by atoms with van der Waals surface area (Å²) >= 11 is 13.7. The summed E-state index contributed by atoms with van der Waals surface area (Å²) in [5.74, 6) is 0. The Labute approximate surface area is 166 Å². The summed E-state index contributed by atoms with van der Waals surface area (Å²) in [4.78, 5) is 19.9. The molecule has 0 aliphatic heterocycles. The third-order valence-electron chi connectivity index (χ3n) is 3.76. The van der Waals surface area contributed by atoms with Crippen LogP contribution in [-0.2, 0) is 13.0 Å². The van der Waals surface area contributed by atoms with Crippen LogP contribution >= 0.6 is 34.5 Å². The molecule has 0 saturated heterocycles. The number of anilines is 1. The highest BCUT2D eigenvalue weighted by atomic mass is 35.5. The number of rotatable bonds is 6. The zero-order valence-corrected chi connectivity index (χ0v) is 16.2. The Morgan fingerprint density at radius 1 is 1.15 bits per heavy atom. The van der Waals surface area contributed by atoms with E-state index in [9.17, 15) is 4.79 Å². The third kappa shape index (κ3) is 5.21. The van der Waals surface area contributed by atoms with Gasteiger partial charge in [0.05, 0.1) is 10.0 Å². The first kappa shape index (κ1) is 18.7. The maximum Gasteiger partial charge on any atom is 0.322 e. The van der Waals surface area contributed by atoms with Crippen molar-refractivity contribution in [1.29, 1.82) is 0 Å². The van der Waals surface area contributed by atoms with Crippen LogP contribution in [0.15, 0.2) is 60.2 Å². The second kappa shape index (κ2) is 9.03. The van der Waals surface area contributed by atoms with E-state index >= 15 is 0 Å². The minimum Gasteiger partial charge on any atom is -0.320 e. The Morgan fingerprint density at radius 2 is 2.04 bits per heavy atom. The van der Waals surface area contributed by atoms with Crippen LogP contribution in [0.3, 0.4) is 0 Å². The average Bonchev–Trinajstić information content (AvgIpc) is 3.16. The number of urea groups is 1. The summed E-state index contributed by atoms with van der Waals surface area (Å²) in [6, 6.07) is 12.8. The molecule has 0 unspecified atom stereocenters. The van der Waals surface area contributed by atoms with Gasteiger partial charge in [0.2, 0.25) is 0 Å². The van der Waals surface area contributed by atoms with E-state index in [0.717, 1.165) is 12.0 Å². The molecule has 1 N–H and O–H groups in total. The zero-order chi connectivity index (χ0) is 18.4. The fourth-order valence-corrected chi connectivity index (χ4v) is 3.44. The molecule has 2 amide bonds. The van der Waals surface area contributed by atoms with Gasteiger partial charge in [0, 0.05) is 36.0 Å². The van der Waals surface area contributed by atoms with Crippen LogP contribution < -0.4 is 5.32 Å². The van der Waals surface area contributed by atoms with Crippen LogP contribution in [0.25, 0.3) is 0 Å². The van der Waals surface area contributed by atoms with Crippen LogP contribution in [0.2, 0.25) is 10.0 Å². The quantitative estimate of drug-likeness (QED) is 0.569. The molecule has 26 heavy (non-hydrogen) atoms. The Balaban J connectivity index is 1.71. The van der Waals surface area contributed by atoms with E-state index in [2.05, 4.69) is 16.4 Å². The number of nitrogens with one attached hydrogen (secondary N) is 1. The molecule has 3 aromatic rings. The first-order chi connectivity index (χ1) is 12.6. The molecule has 2 heterocycles. The molecule has 0 bridgehead atoms. The number of thiophene rings is 1. The summed E-state index contributed by atoms with van der Waals surface area (Å²) < 4.78 is 0. The smallest absolute Gasteiger partial charge is 0.320 e. The van der Waals surface area contributed by atoms with Crippen molar-refractivity contribution in [2.24, 2.45) is 0 Å². The van der Waals surface area contributed by atoms with Gasteiger partial charge < -0.3 is 10.2 Å². The second-order valence-corrected chi connectivity index (χ2v) is 7.52. The van der Waals surface area contributed by atoms with Gasteiger partial charge in [0.1, 0.15) is 0 Å². The standard InChI is InChI=1S/C19H17Cl2N3OS/c20-17-6-5-15(11-18(17)21)23-19(25)24(9-7-16-4-2-10-26-16)13-14-3-1-8-22-12-14/h1-6,8,10-12H,7,9,13H2,(H,23,25). The SMILES string of the molecule is O=C(Nc1ccc(Cl)c(Cl)c1)N(CCc1cccs1)Cc1cccnc1. The van der Waals surface area contributed by atoms with Gasteiger partial charge in [-0.15, -0.1) is 11.3 Å².